The molecule has 26 heavy (non-hydrogen) atoms. The first-order valence-corrected chi connectivity index (χ1v) is 9.86. The van der Waals surface area contributed by atoms with E-state index in [2.05, 4.69) is 9.97 Å². The number of ether oxygens (including phenoxy) is 1. The summed E-state index contributed by atoms with van der Waals surface area (Å²) in [6, 6.07) is 11.5. The average molecular weight is 373 g/mol. The van der Waals surface area contributed by atoms with Crippen molar-refractivity contribution in [3.05, 3.63) is 36.4 Å². The maximum Gasteiger partial charge on any atom is 0.214 e. The van der Waals surface area contributed by atoms with Crippen molar-refractivity contribution in [1.29, 1.82) is 0 Å². The van der Waals surface area contributed by atoms with Crippen LogP contribution in [0.15, 0.2) is 41.3 Å². The van der Waals surface area contributed by atoms with Crippen molar-refractivity contribution in [3.63, 3.8) is 0 Å². The molecule has 1 aromatic carbocycles. The summed E-state index contributed by atoms with van der Waals surface area (Å²) >= 11 is 0. The summed E-state index contributed by atoms with van der Waals surface area (Å²) in [5.74, 6) is 1.09. The Labute approximate surface area is 153 Å². The van der Waals surface area contributed by atoms with Gasteiger partial charge in [-0.15, -0.1) is 0 Å². The number of aromatic nitrogens is 2. The van der Waals surface area contributed by atoms with Crippen LogP contribution in [0.2, 0.25) is 0 Å². The molecule has 0 aliphatic carbocycles. The minimum Gasteiger partial charge on any atom is -0.481 e. The van der Waals surface area contributed by atoms with Crippen LogP contribution in [-0.4, -0.2) is 46.3 Å². The van der Waals surface area contributed by atoms with Crippen LogP contribution in [0, 0.1) is 0 Å². The first kappa shape index (κ1) is 17.0. The lowest BCUT2D eigenvalue weighted by molar-refractivity contribution is 0.275. The van der Waals surface area contributed by atoms with Crippen LogP contribution in [-0.2, 0) is 10.8 Å². The van der Waals surface area contributed by atoms with E-state index in [4.69, 9.17) is 4.74 Å². The fourth-order valence-electron chi connectivity index (χ4n) is 3.18. The van der Waals surface area contributed by atoms with Crippen LogP contribution in [0.5, 0.6) is 5.88 Å². The molecule has 5 nitrogen and oxygen atoms in total. The van der Waals surface area contributed by atoms with E-state index in [0.717, 1.165) is 32.9 Å². The van der Waals surface area contributed by atoms with Gasteiger partial charge < -0.3 is 14.6 Å². The third kappa shape index (κ3) is 2.96. The summed E-state index contributed by atoms with van der Waals surface area (Å²) in [5.41, 5.74) is 3.44. The second-order valence-corrected chi connectivity index (χ2v) is 8.03. The molecule has 0 bridgehead atoms. The molecule has 0 saturated carbocycles. The number of nitrogens with zero attached hydrogens (tertiary/aromatic N) is 2. The van der Waals surface area contributed by atoms with E-state index in [-0.39, 0.29) is 0 Å². The number of aromatic amines is 1. The Kier molecular flexibility index (Phi) is 4.40. The Balaban J connectivity index is 1.83. The Morgan fingerprint density at radius 3 is 2.81 bits per heavy atom. The maximum atomic E-state index is 13.4. The molecule has 3 heterocycles. The molecule has 1 fully saturated rings. The largest absolute Gasteiger partial charge is 0.481 e. The van der Waals surface area contributed by atoms with E-state index in [1.165, 1.54) is 0 Å². The van der Waals surface area contributed by atoms with E-state index in [0.29, 0.717) is 24.7 Å². The smallest absolute Gasteiger partial charge is 0.214 e. The Morgan fingerprint density at radius 2 is 2.12 bits per heavy atom. The molecule has 1 saturated heterocycles. The minimum atomic E-state index is -1.05. The molecule has 0 unspecified atom stereocenters. The van der Waals surface area contributed by atoms with Gasteiger partial charge in [0.2, 0.25) is 5.88 Å². The molecule has 1 N–H and O–H groups in total. The average Bonchev–Trinajstić information content (AvgIpc) is 3.07. The number of hydrogen-bond acceptors (Lipinski definition) is 4. The number of H-pyrrole nitrogens is 1. The van der Waals surface area contributed by atoms with Crippen molar-refractivity contribution in [1.82, 2.24) is 9.97 Å². The lowest BCUT2D eigenvalue weighted by Crippen LogP contribution is -2.48. The zero-order valence-electron chi connectivity index (χ0n) is 14.7. The molecule has 1 aliphatic rings. The van der Waals surface area contributed by atoms with Gasteiger partial charge in [0.05, 0.1) is 31.0 Å². The van der Waals surface area contributed by atoms with Crippen molar-refractivity contribution >= 4 is 27.5 Å². The molecule has 2 aromatic heterocycles. The predicted molar refractivity (Wildman–Crippen MR) is 102 cm³/mol. The molecule has 0 amide bonds. The van der Waals surface area contributed by atoms with Crippen molar-refractivity contribution < 1.29 is 13.3 Å². The summed E-state index contributed by atoms with van der Waals surface area (Å²) in [4.78, 5) is 10.5. The summed E-state index contributed by atoms with van der Waals surface area (Å²) in [7, 11) is 0.528. The zero-order chi connectivity index (χ0) is 18.3. The molecule has 1 aliphatic heterocycles. The van der Waals surface area contributed by atoms with Gasteiger partial charge >= 0.3 is 0 Å². The highest BCUT2D eigenvalue weighted by Crippen LogP contribution is 2.36. The first-order valence-electron chi connectivity index (χ1n) is 8.54. The van der Waals surface area contributed by atoms with Crippen LogP contribution in [0.3, 0.4) is 0 Å². The fraction of sp³-hybridized carbons (Fsp3) is 0.316. The molecule has 0 radical (unpaired) electrons. The number of anilines is 1. The van der Waals surface area contributed by atoms with Crippen LogP contribution in [0.4, 0.5) is 10.1 Å². The van der Waals surface area contributed by atoms with Crippen LogP contribution >= 0.6 is 0 Å². The predicted octanol–water partition coefficient (Wildman–Crippen LogP) is 3.52. The summed E-state index contributed by atoms with van der Waals surface area (Å²) in [5, 5.41) is 0.959. The molecule has 136 valence electrons. The van der Waals surface area contributed by atoms with E-state index >= 15 is 0 Å². The molecule has 3 aromatic rings. The van der Waals surface area contributed by atoms with Gasteiger partial charge in [-0.1, -0.05) is 6.92 Å². The van der Waals surface area contributed by atoms with Crippen molar-refractivity contribution in [2.24, 2.45) is 0 Å². The number of benzene rings is 1. The molecule has 0 spiro atoms. The van der Waals surface area contributed by atoms with Gasteiger partial charge in [-0.05, 0) is 30.3 Å². The van der Waals surface area contributed by atoms with Crippen molar-refractivity contribution in [3.8, 4) is 17.1 Å². The Bertz CT molecular complexity index is 982. The van der Waals surface area contributed by atoms with Crippen molar-refractivity contribution in [2.75, 3.05) is 30.9 Å². The minimum absolute atomic E-state index is 0.384. The number of halogens is 1. The van der Waals surface area contributed by atoms with E-state index in [9.17, 15) is 8.60 Å². The van der Waals surface area contributed by atoms with Crippen LogP contribution in [0.1, 0.15) is 6.92 Å². The highest BCUT2D eigenvalue weighted by atomic mass is 32.2. The van der Waals surface area contributed by atoms with E-state index in [1.807, 2.05) is 48.2 Å². The number of fused-ring (bicyclic) bond motifs is 1. The van der Waals surface area contributed by atoms with E-state index < -0.39 is 17.0 Å². The molecular formula is C19H20FN3O2S. The topological polar surface area (TPSA) is 58.2 Å². The van der Waals surface area contributed by atoms with Gasteiger partial charge in [-0.3, -0.25) is 4.21 Å². The number of rotatable bonds is 5. The van der Waals surface area contributed by atoms with Gasteiger partial charge in [0, 0.05) is 39.0 Å². The normalized spacial score (nSPS) is 15.9. The second-order valence-electron chi connectivity index (χ2n) is 6.29. The SMILES string of the molecule is CC[S@@](=O)c1ccc(N2CC(F)C2)c(-c2cc3ccc(OC)nc3[nH]2)c1. The third-order valence-corrected chi connectivity index (χ3v) is 5.93. The first-order chi connectivity index (χ1) is 12.6. The highest BCUT2D eigenvalue weighted by Gasteiger charge is 2.28. The number of hydrogen-bond donors (Lipinski definition) is 1. The van der Waals surface area contributed by atoms with Gasteiger partial charge in [0.1, 0.15) is 11.8 Å². The number of pyridine rings is 1. The molecule has 4 rings (SSSR count). The molecular weight excluding hydrogens is 353 g/mol. The summed E-state index contributed by atoms with van der Waals surface area (Å²) in [6.07, 6.45) is -0.791. The number of methoxy groups -OCH3 is 1. The number of alkyl halides is 1. The monoisotopic (exact) mass is 373 g/mol. The maximum absolute atomic E-state index is 13.4. The van der Waals surface area contributed by atoms with Crippen LogP contribution in [0.25, 0.3) is 22.3 Å². The van der Waals surface area contributed by atoms with Gasteiger partial charge in [0.25, 0.3) is 0 Å². The lowest BCUT2D eigenvalue weighted by Gasteiger charge is -2.37. The lowest BCUT2D eigenvalue weighted by atomic mass is 10.0. The number of nitrogens with one attached hydrogen (secondary N) is 1. The fourth-order valence-corrected chi connectivity index (χ4v) is 3.99. The molecule has 7 heteroatoms. The molecule has 1 atom stereocenters. The standard InChI is InChI=1S/C19H20FN3O2S/c1-3-26(24)14-5-6-17(23-10-13(20)11-23)15(9-14)16-8-12-4-7-18(25-2)22-19(12)21-16/h4-9,13H,3,10-11H2,1-2H3,(H,21,22)/t26-/m1/s1. The quantitative estimate of drug-likeness (QED) is 0.743. The third-order valence-electron chi connectivity index (χ3n) is 4.62. The van der Waals surface area contributed by atoms with Gasteiger partial charge in [0.15, 0.2) is 0 Å². The van der Waals surface area contributed by atoms with Crippen LogP contribution < -0.4 is 9.64 Å². The van der Waals surface area contributed by atoms with Crippen molar-refractivity contribution in [2.45, 2.75) is 18.0 Å². The Hall–Kier alpha value is -2.41. The summed E-state index contributed by atoms with van der Waals surface area (Å²) in [6.45, 7) is 2.66. The zero-order valence-corrected chi connectivity index (χ0v) is 15.5. The highest BCUT2D eigenvalue weighted by molar-refractivity contribution is 7.85. The second kappa shape index (κ2) is 6.72. The Morgan fingerprint density at radius 1 is 1.31 bits per heavy atom. The summed E-state index contributed by atoms with van der Waals surface area (Å²) < 4.78 is 30.8. The van der Waals surface area contributed by atoms with E-state index in [1.54, 1.807) is 7.11 Å². The van der Waals surface area contributed by atoms with Gasteiger partial charge in [-0.2, -0.15) is 4.98 Å². The van der Waals surface area contributed by atoms with Gasteiger partial charge in [-0.25, -0.2) is 4.39 Å².